The average Bonchev–Trinajstić information content (AvgIpc) is 3.05. The van der Waals surface area contributed by atoms with E-state index >= 15 is 0 Å². The first-order valence-corrected chi connectivity index (χ1v) is 8.56. The normalized spacial score (nSPS) is 17.3. The number of anilines is 1. The molecule has 1 aromatic rings. The minimum Gasteiger partial charge on any atom is -0.385 e. The number of aromatic nitrogens is 1. The van der Waals surface area contributed by atoms with Gasteiger partial charge < -0.3 is 20.3 Å². The SMILES string of the molecule is CN=C(NCCCCCOC)NC1CCN(c2ncccc2F)C1.I. The lowest BCUT2D eigenvalue weighted by atomic mass is 10.2. The molecular weight excluding hydrogens is 436 g/mol. The van der Waals surface area contributed by atoms with Gasteiger partial charge in [0.25, 0.3) is 0 Å². The van der Waals surface area contributed by atoms with Gasteiger partial charge in [0.15, 0.2) is 17.6 Å². The molecule has 2 heterocycles. The Hall–Kier alpha value is -1.16. The topological polar surface area (TPSA) is 61.8 Å². The number of hydrogen-bond donors (Lipinski definition) is 2. The lowest BCUT2D eigenvalue weighted by Gasteiger charge is -2.20. The van der Waals surface area contributed by atoms with Gasteiger partial charge in [0.1, 0.15) is 0 Å². The Kier molecular flexibility index (Phi) is 10.7. The largest absolute Gasteiger partial charge is 0.385 e. The molecule has 0 aromatic carbocycles. The van der Waals surface area contributed by atoms with Crippen LogP contribution in [0.25, 0.3) is 0 Å². The standard InChI is InChI=1S/C17H28FN5O.HI/c1-19-17(21-9-4-3-5-12-24-2)22-14-8-11-23(13-14)16-15(18)7-6-10-20-16;/h6-7,10,14H,3-5,8-9,11-13H2,1-2H3,(H2,19,21,22);1H. The molecular formula is C17H29FIN5O. The number of rotatable bonds is 8. The lowest BCUT2D eigenvalue weighted by molar-refractivity contribution is 0.192. The minimum absolute atomic E-state index is 0. The first-order valence-electron chi connectivity index (χ1n) is 8.56. The Morgan fingerprint density at radius 2 is 2.28 bits per heavy atom. The molecule has 1 atom stereocenters. The number of guanidine groups is 1. The highest BCUT2D eigenvalue weighted by Crippen LogP contribution is 2.20. The summed E-state index contributed by atoms with van der Waals surface area (Å²) in [5, 5.41) is 6.74. The maximum absolute atomic E-state index is 13.8. The van der Waals surface area contributed by atoms with Crippen LogP contribution in [0, 0.1) is 5.82 Å². The number of halogens is 2. The average molecular weight is 465 g/mol. The molecule has 1 fully saturated rings. The second-order valence-electron chi connectivity index (χ2n) is 5.94. The molecule has 0 amide bonds. The first kappa shape index (κ1) is 21.9. The Labute approximate surface area is 166 Å². The van der Waals surface area contributed by atoms with E-state index in [-0.39, 0.29) is 35.8 Å². The Morgan fingerprint density at radius 1 is 1.44 bits per heavy atom. The Morgan fingerprint density at radius 3 is 3.00 bits per heavy atom. The van der Waals surface area contributed by atoms with E-state index in [9.17, 15) is 4.39 Å². The maximum Gasteiger partial charge on any atom is 0.191 e. The van der Waals surface area contributed by atoms with Gasteiger partial charge in [-0.15, -0.1) is 24.0 Å². The highest BCUT2D eigenvalue weighted by Gasteiger charge is 2.25. The zero-order valence-corrected chi connectivity index (χ0v) is 17.3. The molecule has 0 spiro atoms. The van der Waals surface area contributed by atoms with Gasteiger partial charge in [-0.05, 0) is 37.8 Å². The second-order valence-corrected chi connectivity index (χ2v) is 5.94. The van der Waals surface area contributed by atoms with Crippen molar-refractivity contribution in [1.29, 1.82) is 0 Å². The van der Waals surface area contributed by atoms with Gasteiger partial charge in [-0.25, -0.2) is 9.37 Å². The fourth-order valence-corrected chi connectivity index (χ4v) is 2.82. The zero-order valence-electron chi connectivity index (χ0n) is 15.0. The van der Waals surface area contributed by atoms with Gasteiger partial charge in [-0.1, -0.05) is 0 Å². The lowest BCUT2D eigenvalue weighted by Crippen LogP contribution is -2.45. The number of aliphatic imine (C=N–C) groups is 1. The summed E-state index contributed by atoms with van der Waals surface area (Å²) in [4.78, 5) is 10.4. The molecule has 1 saturated heterocycles. The summed E-state index contributed by atoms with van der Waals surface area (Å²) in [6.07, 6.45) is 5.86. The van der Waals surface area contributed by atoms with E-state index < -0.39 is 0 Å². The third-order valence-electron chi connectivity index (χ3n) is 4.11. The van der Waals surface area contributed by atoms with Gasteiger partial charge >= 0.3 is 0 Å². The molecule has 2 rings (SSSR count). The number of methoxy groups -OCH3 is 1. The number of nitrogens with zero attached hydrogens (tertiary/aromatic N) is 3. The maximum atomic E-state index is 13.8. The third kappa shape index (κ3) is 7.31. The first-order chi connectivity index (χ1) is 11.7. The fraction of sp³-hybridized carbons (Fsp3) is 0.647. The van der Waals surface area contributed by atoms with Crippen LogP contribution in [0.5, 0.6) is 0 Å². The number of ether oxygens (including phenoxy) is 1. The molecule has 0 aliphatic carbocycles. The Balaban J connectivity index is 0.00000312. The van der Waals surface area contributed by atoms with Crippen molar-refractivity contribution in [1.82, 2.24) is 15.6 Å². The summed E-state index contributed by atoms with van der Waals surface area (Å²) in [6.45, 7) is 3.21. The van der Waals surface area contributed by atoms with Crippen molar-refractivity contribution in [3.63, 3.8) is 0 Å². The van der Waals surface area contributed by atoms with Crippen molar-refractivity contribution in [2.45, 2.75) is 31.7 Å². The van der Waals surface area contributed by atoms with E-state index in [2.05, 4.69) is 20.6 Å². The van der Waals surface area contributed by atoms with Crippen molar-refractivity contribution in [2.24, 2.45) is 4.99 Å². The van der Waals surface area contributed by atoms with Crippen molar-refractivity contribution in [2.75, 3.05) is 45.3 Å². The third-order valence-corrected chi connectivity index (χ3v) is 4.11. The molecule has 1 aromatic heterocycles. The summed E-state index contributed by atoms with van der Waals surface area (Å²) in [7, 11) is 3.50. The highest BCUT2D eigenvalue weighted by molar-refractivity contribution is 14.0. The molecule has 0 bridgehead atoms. The van der Waals surface area contributed by atoms with Crippen molar-refractivity contribution in [3.8, 4) is 0 Å². The van der Waals surface area contributed by atoms with Crippen LogP contribution in [-0.2, 0) is 4.74 Å². The van der Waals surface area contributed by atoms with Crippen molar-refractivity contribution in [3.05, 3.63) is 24.1 Å². The van der Waals surface area contributed by atoms with Crippen LogP contribution in [0.3, 0.4) is 0 Å². The predicted octanol–water partition coefficient (Wildman–Crippen LogP) is 2.40. The van der Waals surface area contributed by atoms with Crippen LogP contribution in [-0.4, -0.2) is 57.4 Å². The fourth-order valence-electron chi connectivity index (χ4n) is 2.82. The van der Waals surface area contributed by atoms with Gasteiger partial charge in [-0.2, -0.15) is 0 Å². The summed E-state index contributed by atoms with van der Waals surface area (Å²) < 4.78 is 18.9. The molecule has 1 aliphatic rings. The Bertz CT molecular complexity index is 532. The number of pyridine rings is 1. The second kappa shape index (κ2) is 12.2. The number of unbranched alkanes of at least 4 members (excludes halogenated alkanes) is 2. The van der Waals surface area contributed by atoms with Crippen LogP contribution >= 0.6 is 24.0 Å². The van der Waals surface area contributed by atoms with E-state index in [1.54, 1.807) is 26.4 Å². The number of nitrogens with one attached hydrogen (secondary N) is 2. The number of hydrogen-bond acceptors (Lipinski definition) is 4. The van der Waals surface area contributed by atoms with Crippen LogP contribution in [0.15, 0.2) is 23.3 Å². The van der Waals surface area contributed by atoms with E-state index in [0.717, 1.165) is 57.9 Å². The molecule has 0 radical (unpaired) electrons. The van der Waals surface area contributed by atoms with E-state index in [4.69, 9.17) is 4.74 Å². The highest BCUT2D eigenvalue weighted by atomic mass is 127. The van der Waals surface area contributed by atoms with Crippen molar-refractivity contribution < 1.29 is 9.13 Å². The molecule has 1 aliphatic heterocycles. The quantitative estimate of drug-likeness (QED) is 0.267. The van der Waals surface area contributed by atoms with E-state index in [1.807, 2.05) is 4.90 Å². The van der Waals surface area contributed by atoms with Crippen LogP contribution < -0.4 is 15.5 Å². The molecule has 2 N–H and O–H groups in total. The van der Waals surface area contributed by atoms with Gasteiger partial charge in [0, 0.05) is 52.6 Å². The van der Waals surface area contributed by atoms with E-state index in [1.165, 1.54) is 6.07 Å². The molecule has 0 saturated carbocycles. The van der Waals surface area contributed by atoms with Crippen molar-refractivity contribution >= 4 is 35.8 Å². The van der Waals surface area contributed by atoms with Crippen LogP contribution in [0.1, 0.15) is 25.7 Å². The van der Waals surface area contributed by atoms with E-state index in [0.29, 0.717) is 5.82 Å². The van der Waals surface area contributed by atoms with Gasteiger partial charge in [0.05, 0.1) is 0 Å². The molecule has 1 unspecified atom stereocenters. The van der Waals surface area contributed by atoms with Gasteiger partial charge in [0.2, 0.25) is 0 Å². The molecule has 6 nitrogen and oxygen atoms in total. The molecule has 25 heavy (non-hydrogen) atoms. The van der Waals surface area contributed by atoms with Crippen LogP contribution in [0.4, 0.5) is 10.2 Å². The van der Waals surface area contributed by atoms with Crippen LogP contribution in [0.2, 0.25) is 0 Å². The summed E-state index contributed by atoms with van der Waals surface area (Å²) in [5.74, 6) is 0.967. The van der Waals surface area contributed by atoms with Gasteiger partial charge in [-0.3, -0.25) is 4.99 Å². The molecule has 8 heteroatoms. The summed E-state index contributed by atoms with van der Waals surface area (Å²) in [6, 6.07) is 3.31. The zero-order chi connectivity index (χ0) is 17.2. The summed E-state index contributed by atoms with van der Waals surface area (Å²) in [5.41, 5.74) is 0. The smallest absolute Gasteiger partial charge is 0.191 e. The summed E-state index contributed by atoms with van der Waals surface area (Å²) >= 11 is 0. The molecule has 142 valence electrons. The predicted molar refractivity (Wildman–Crippen MR) is 110 cm³/mol. The minimum atomic E-state index is -0.267. The monoisotopic (exact) mass is 465 g/mol.